The molecule has 0 heterocycles. The van der Waals surface area contributed by atoms with Crippen LogP contribution in [0, 0.1) is 52.3 Å². The highest BCUT2D eigenvalue weighted by atomic mass is 16.3. The van der Waals surface area contributed by atoms with E-state index in [-0.39, 0.29) is 6.10 Å². The van der Waals surface area contributed by atoms with Crippen LogP contribution < -0.4 is 0 Å². The maximum Gasteiger partial charge on any atom is 0.0546 e. The van der Waals surface area contributed by atoms with Gasteiger partial charge in [0, 0.05) is 0 Å². The standard InChI is InChI=1S/C27H46O/c1-18(2)7-6-8-19(3)23-11-12-24-22-10-9-20-17-21(28)13-15-26(20,4)25(22)14-16-27(23,24)5/h9-10,18-25,28H,6-8,11-17H2,1-5H3/t19-,20+,21+,22+,23-,24+,25+,26+,27-/m1/s1. The van der Waals surface area contributed by atoms with Crippen molar-refractivity contribution in [2.45, 2.75) is 105 Å². The van der Waals surface area contributed by atoms with Gasteiger partial charge in [0.05, 0.1) is 6.10 Å². The van der Waals surface area contributed by atoms with Gasteiger partial charge in [0.1, 0.15) is 0 Å². The molecule has 4 rings (SSSR count). The van der Waals surface area contributed by atoms with Crippen LogP contribution in [0.1, 0.15) is 98.8 Å². The zero-order valence-corrected chi connectivity index (χ0v) is 19.3. The number of aliphatic hydroxyl groups is 1. The second kappa shape index (κ2) is 7.75. The third-order valence-electron chi connectivity index (χ3n) is 10.3. The minimum absolute atomic E-state index is 0.0596. The lowest BCUT2D eigenvalue weighted by molar-refractivity contribution is -0.0813. The van der Waals surface area contributed by atoms with E-state index < -0.39 is 0 Å². The molecule has 28 heavy (non-hydrogen) atoms. The summed E-state index contributed by atoms with van der Waals surface area (Å²) in [6.07, 6.45) is 18.5. The van der Waals surface area contributed by atoms with Crippen molar-refractivity contribution < 1.29 is 5.11 Å². The van der Waals surface area contributed by atoms with Gasteiger partial charge < -0.3 is 5.11 Å². The number of rotatable bonds is 5. The van der Waals surface area contributed by atoms with Crippen molar-refractivity contribution in [1.82, 2.24) is 0 Å². The van der Waals surface area contributed by atoms with Gasteiger partial charge in [0.25, 0.3) is 0 Å². The van der Waals surface area contributed by atoms with Crippen molar-refractivity contribution in [3.8, 4) is 0 Å². The van der Waals surface area contributed by atoms with Gasteiger partial charge in [0.15, 0.2) is 0 Å². The topological polar surface area (TPSA) is 20.2 Å². The Balaban J connectivity index is 1.49. The first kappa shape index (κ1) is 21.0. The predicted octanol–water partition coefficient (Wildman–Crippen LogP) is 7.24. The Hall–Kier alpha value is -0.300. The summed E-state index contributed by atoms with van der Waals surface area (Å²) in [5, 5.41) is 10.2. The van der Waals surface area contributed by atoms with Gasteiger partial charge in [-0.3, -0.25) is 0 Å². The first-order chi connectivity index (χ1) is 13.3. The molecule has 1 N–H and O–H groups in total. The molecule has 4 aliphatic rings. The summed E-state index contributed by atoms with van der Waals surface area (Å²) in [6.45, 7) is 12.6. The summed E-state index contributed by atoms with van der Waals surface area (Å²) in [7, 11) is 0. The molecule has 0 saturated heterocycles. The molecule has 0 aliphatic heterocycles. The third-order valence-corrected chi connectivity index (χ3v) is 10.3. The molecule has 0 aromatic carbocycles. The van der Waals surface area contributed by atoms with Gasteiger partial charge in [0.2, 0.25) is 0 Å². The molecule has 160 valence electrons. The van der Waals surface area contributed by atoms with Crippen molar-refractivity contribution in [3.63, 3.8) is 0 Å². The summed E-state index contributed by atoms with van der Waals surface area (Å²) in [5.74, 6) is 5.89. The zero-order chi connectivity index (χ0) is 20.1. The maximum atomic E-state index is 10.2. The monoisotopic (exact) mass is 386 g/mol. The molecule has 0 unspecified atom stereocenters. The van der Waals surface area contributed by atoms with Crippen LogP contribution in [-0.2, 0) is 0 Å². The highest BCUT2D eigenvalue weighted by Gasteiger charge is 2.59. The van der Waals surface area contributed by atoms with Crippen LogP contribution in [0.15, 0.2) is 12.2 Å². The molecule has 4 aliphatic carbocycles. The molecule has 1 heteroatoms. The quantitative estimate of drug-likeness (QED) is 0.493. The van der Waals surface area contributed by atoms with E-state index in [1.165, 1.54) is 51.4 Å². The summed E-state index contributed by atoms with van der Waals surface area (Å²) in [5.41, 5.74) is 1.01. The van der Waals surface area contributed by atoms with E-state index in [2.05, 4.69) is 46.8 Å². The normalized spacial score (nSPS) is 48.8. The number of hydrogen-bond acceptors (Lipinski definition) is 1. The third kappa shape index (κ3) is 3.42. The van der Waals surface area contributed by atoms with Crippen molar-refractivity contribution in [2.75, 3.05) is 0 Å². The van der Waals surface area contributed by atoms with E-state index in [9.17, 15) is 5.11 Å². The van der Waals surface area contributed by atoms with Crippen LogP contribution in [0.5, 0.6) is 0 Å². The first-order valence-corrected chi connectivity index (χ1v) is 12.6. The van der Waals surface area contributed by atoms with Crippen LogP contribution in [0.3, 0.4) is 0 Å². The van der Waals surface area contributed by atoms with Crippen molar-refractivity contribution in [2.24, 2.45) is 52.3 Å². The molecule has 0 bridgehead atoms. The molecule has 0 aromatic rings. The van der Waals surface area contributed by atoms with Crippen molar-refractivity contribution >= 4 is 0 Å². The number of allylic oxidation sites excluding steroid dienone is 2. The van der Waals surface area contributed by atoms with Crippen molar-refractivity contribution in [1.29, 1.82) is 0 Å². The fourth-order valence-electron chi connectivity index (χ4n) is 8.62. The van der Waals surface area contributed by atoms with E-state index in [0.717, 1.165) is 48.3 Å². The minimum Gasteiger partial charge on any atom is -0.393 e. The average Bonchev–Trinajstić information content (AvgIpc) is 2.99. The number of aliphatic hydroxyl groups excluding tert-OH is 1. The Kier molecular flexibility index (Phi) is 5.80. The van der Waals surface area contributed by atoms with Crippen LogP contribution in [0.2, 0.25) is 0 Å². The summed E-state index contributed by atoms with van der Waals surface area (Å²) < 4.78 is 0. The molecule has 3 saturated carbocycles. The molecular weight excluding hydrogens is 340 g/mol. The maximum absolute atomic E-state index is 10.2. The lowest BCUT2D eigenvalue weighted by Gasteiger charge is -2.59. The molecule has 0 radical (unpaired) electrons. The van der Waals surface area contributed by atoms with E-state index >= 15 is 0 Å². The molecular formula is C27H46O. The van der Waals surface area contributed by atoms with Gasteiger partial charge in [-0.15, -0.1) is 0 Å². The zero-order valence-electron chi connectivity index (χ0n) is 19.3. The molecule has 0 spiro atoms. The average molecular weight is 387 g/mol. The van der Waals surface area contributed by atoms with Crippen molar-refractivity contribution in [3.05, 3.63) is 12.2 Å². The van der Waals surface area contributed by atoms with Crippen LogP contribution in [0.4, 0.5) is 0 Å². The van der Waals surface area contributed by atoms with Crippen LogP contribution in [-0.4, -0.2) is 11.2 Å². The summed E-state index contributed by atoms with van der Waals surface area (Å²) >= 11 is 0. The molecule has 0 aromatic heterocycles. The van der Waals surface area contributed by atoms with Gasteiger partial charge in [-0.2, -0.15) is 0 Å². The Morgan fingerprint density at radius 3 is 2.36 bits per heavy atom. The second-order valence-corrected chi connectivity index (χ2v) is 12.2. The summed E-state index contributed by atoms with van der Waals surface area (Å²) in [4.78, 5) is 0. The van der Waals surface area contributed by atoms with Gasteiger partial charge >= 0.3 is 0 Å². The van der Waals surface area contributed by atoms with E-state index in [0.29, 0.717) is 16.7 Å². The largest absolute Gasteiger partial charge is 0.393 e. The first-order valence-electron chi connectivity index (χ1n) is 12.6. The molecule has 1 nitrogen and oxygen atoms in total. The van der Waals surface area contributed by atoms with Gasteiger partial charge in [-0.05, 0) is 97.2 Å². The lowest BCUT2D eigenvalue weighted by Crippen LogP contribution is -2.52. The van der Waals surface area contributed by atoms with E-state index in [4.69, 9.17) is 0 Å². The van der Waals surface area contributed by atoms with Crippen LogP contribution in [0.25, 0.3) is 0 Å². The summed E-state index contributed by atoms with van der Waals surface area (Å²) in [6, 6.07) is 0. The smallest absolute Gasteiger partial charge is 0.0546 e. The fraction of sp³-hybridized carbons (Fsp3) is 0.926. The Morgan fingerprint density at radius 1 is 0.893 bits per heavy atom. The van der Waals surface area contributed by atoms with E-state index in [1.54, 1.807) is 0 Å². The Bertz CT molecular complexity index is 579. The molecule has 0 amide bonds. The van der Waals surface area contributed by atoms with Crippen LogP contribution >= 0.6 is 0 Å². The van der Waals surface area contributed by atoms with Gasteiger partial charge in [-0.1, -0.05) is 66.0 Å². The number of hydrogen-bond donors (Lipinski definition) is 1. The fourth-order valence-corrected chi connectivity index (χ4v) is 8.62. The van der Waals surface area contributed by atoms with Gasteiger partial charge in [-0.25, -0.2) is 0 Å². The SMILES string of the molecule is CC(C)CCC[C@@H](C)[C@H]1CC[C@H]2[C@@H]3C=C[C@H]4C[C@@H](O)CC[C@]4(C)[C@H]3CC[C@]12C. The molecule has 9 atom stereocenters. The predicted molar refractivity (Wildman–Crippen MR) is 119 cm³/mol. The number of fused-ring (bicyclic) bond motifs is 5. The van der Waals surface area contributed by atoms with E-state index in [1.807, 2.05) is 0 Å². The minimum atomic E-state index is -0.0596. The Labute approximate surface area is 174 Å². The highest BCUT2D eigenvalue weighted by molar-refractivity contribution is 5.18. The highest BCUT2D eigenvalue weighted by Crippen LogP contribution is 2.67. The lowest BCUT2D eigenvalue weighted by atomic mass is 9.46. The Morgan fingerprint density at radius 2 is 1.61 bits per heavy atom. The molecule has 3 fully saturated rings. The second-order valence-electron chi connectivity index (χ2n) is 12.2.